The summed E-state index contributed by atoms with van der Waals surface area (Å²) < 4.78 is 2.65. The number of nitrogens with zero attached hydrogens (tertiary/aromatic N) is 1. The smallest absolute Gasteiger partial charge is 0.0540 e. The van der Waals surface area contributed by atoms with Gasteiger partial charge in [-0.3, -0.25) is 0 Å². The lowest BCUT2D eigenvalue weighted by molar-refractivity contribution is 1.32. The lowest BCUT2D eigenvalue weighted by atomic mass is 9.85. The molecule has 0 aliphatic heterocycles. The van der Waals surface area contributed by atoms with Gasteiger partial charge in [-0.1, -0.05) is 170 Å². The number of benzene rings is 11. The van der Waals surface area contributed by atoms with Crippen LogP contribution in [0, 0.1) is 0 Å². The van der Waals surface area contributed by atoms with Crippen molar-refractivity contribution in [2.24, 2.45) is 0 Å². The van der Waals surface area contributed by atoms with Gasteiger partial charge in [-0.15, -0.1) is 11.3 Å². The average molecular weight is 754 g/mol. The Balaban J connectivity index is 1.03. The summed E-state index contributed by atoms with van der Waals surface area (Å²) in [5.41, 5.74) is 8.50. The molecular weight excluding hydrogens is 719 g/mol. The van der Waals surface area contributed by atoms with E-state index in [2.05, 4.69) is 217 Å². The second-order valence-electron chi connectivity index (χ2n) is 15.2. The highest BCUT2D eigenvalue weighted by atomic mass is 32.1. The van der Waals surface area contributed by atoms with Gasteiger partial charge >= 0.3 is 0 Å². The van der Waals surface area contributed by atoms with Crippen molar-refractivity contribution in [2.45, 2.75) is 0 Å². The van der Waals surface area contributed by atoms with Crippen molar-refractivity contribution in [1.29, 1.82) is 0 Å². The first-order valence-electron chi connectivity index (χ1n) is 19.9. The van der Waals surface area contributed by atoms with Crippen LogP contribution in [0.4, 0.5) is 17.1 Å². The predicted molar refractivity (Wildman–Crippen MR) is 252 cm³/mol. The summed E-state index contributed by atoms with van der Waals surface area (Å²) >= 11 is 1.88. The fraction of sp³-hybridized carbons (Fsp3) is 0. The Morgan fingerprint density at radius 3 is 1.34 bits per heavy atom. The molecule has 1 nitrogen and oxygen atoms in total. The van der Waals surface area contributed by atoms with Gasteiger partial charge < -0.3 is 4.90 Å². The molecule has 0 fully saturated rings. The molecule has 0 bridgehead atoms. The van der Waals surface area contributed by atoms with Crippen molar-refractivity contribution in [1.82, 2.24) is 0 Å². The molecule has 0 saturated carbocycles. The topological polar surface area (TPSA) is 3.24 Å². The van der Waals surface area contributed by atoms with E-state index in [1.54, 1.807) is 0 Å². The fourth-order valence-corrected chi connectivity index (χ4v) is 10.5. The van der Waals surface area contributed by atoms with Crippen LogP contribution in [0.25, 0.3) is 96.3 Å². The van der Waals surface area contributed by atoms with Gasteiger partial charge in [0.1, 0.15) is 0 Å². The van der Waals surface area contributed by atoms with Crippen LogP contribution in [0.2, 0.25) is 0 Å². The van der Waals surface area contributed by atoms with Crippen LogP contribution in [-0.2, 0) is 0 Å². The van der Waals surface area contributed by atoms with Crippen LogP contribution in [0.3, 0.4) is 0 Å². The molecule has 1 heterocycles. The highest BCUT2D eigenvalue weighted by Gasteiger charge is 2.20. The number of rotatable bonds is 5. The summed E-state index contributed by atoms with van der Waals surface area (Å²) in [6, 6.07) is 78.3. The maximum Gasteiger partial charge on any atom is 0.0540 e. The van der Waals surface area contributed by atoms with Gasteiger partial charge in [0.15, 0.2) is 0 Å². The quantitative estimate of drug-likeness (QED) is 0.158. The van der Waals surface area contributed by atoms with Crippen LogP contribution in [0.15, 0.2) is 212 Å². The van der Waals surface area contributed by atoms with E-state index in [9.17, 15) is 0 Å². The van der Waals surface area contributed by atoms with E-state index in [0.29, 0.717) is 0 Å². The monoisotopic (exact) mass is 753 g/mol. The molecule has 270 valence electrons. The number of thiophene rings is 1. The van der Waals surface area contributed by atoms with Crippen molar-refractivity contribution < 1.29 is 0 Å². The minimum absolute atomic E-state index is 1.13. The van der Waals surface area contributed by atoms with E-state index in [4.69, 9.17) is 0 Å². The van der Waals surface area contributed by atoms with Crippen LogP contribution in [-0.4, -0.2) is 0 Å². The van der Waals surface area contributed by atoms with Crippen molar-refractivity contribution in [3.8, 4) is 22.3 Å². The average Bonchev–Trinajstić information content (AvgIpc) is 3.66. The summed E-state index contributed by atoms with van der Waals surface area (Å²) in [7, 11) is 0. The van der Waals surface area contributed by atoms with Crippen LogP contribution >= 0.6 is 11.3 Å². The van der Waals surface area contributed by atoms with Crippen molar-refractivity contribution >= 4 is 102 Å². The van der Waals surface area contributed by atoms with Crippen LogP contribution in [0.5, 0.6) is 0 Å². The van der Waals surface area contributed by atoms with Gasteiger partial charge in [-0.25, -0.2) is 0 Å². The Morgan fingerprint density at radius 1 is 0.276 bits per heavy atom. The van der Waals surface area contributed by atoms with E-state index in [-0.39, 0.29) is 0 Å². The highest BCUT2D eigenvalue weighted by molar-refractivity contribution is 7.25. The molecule has 0 radical (unpaired) electrons. The SMILES string of the molecule is c1ccc2c(N(c3ccc4cc(-c5c6ccccc6c(-c6ccc7c(c6)sc6ccccc67)c6ccccc56)ccc4c3)c3cccc4ccccc34)cccc2c1. The van der Waals surface area contributed by atoms with E-state index in [0.717, 1.165) is 17.1 Å². The second kappa shape index (κ2) is 13.2. The zero-order chi connectivity index (χ0) is 38.2. The first-order valence-corrected chi connectivity index (χ1v) is 20.7. The Kier molecular flexibility index (Phi) is 7.47. The van der Waals surface area contributed by atoms with Gasteiger partial charge in [0.2, 0.25) is 0 Å². The van der Waals surface area contributed by atoms with Crippen molar-refractivity contribution in [3.05, 3.63) is 212 Å². The number of hydrogen-bond acceptors (Lipinski definition) is 2. The van der Waals surface area contributed by atoms with E-state index >= 15 is 0 Å². The molecule has 2 heteroatoms. The first kappa shape index (κ1) is 32.9. The summed E-state index contributed by atoms with van der Waals surface area (Å²) in [5.74, 6) is 0. The Labute approximate surface area is 340 Å². The molecule has 0 unspecified atom stereocenters. The van der Waals surface area contributed by atoms with Crippen LogP contribution < -0.4 is 4.90 Å². The van der Waals surface area contributed by atoms with Crippen molar-refractivity contribution in [2.75, 3.05) is 4.90 Å². The Hall–Kier alpha value is -7.26. The largest absolute Gasteiger partial charge is 0.309 e. The van der Waals surface area contributed by atoms with E-state index in [1.807, 2.05) is 11.3 Å². The second-order valence-corrected chi connectivity index (χ2v) is 16.3. The molecule has 1 aromatic heterocycles. The molecule has 0 N–H and O–H groups in total. The fourth-order valence-electron chi connectivity index (χ4n) is 9.37. The number of fused-ring (bicyclic) bond motifs is 8. The normalized spacial score (nSPS) is 11.8. The molecule has 11 aromatic carbocycles. The molecule has 12 aromatic rings. The van der Waals surface area contributed by atoms with Gasteiger partial charge in [-0.05, 0) is 108 Å². The van der Waals surface area contributed by atoms with Crippen molar-refractivity contribution in [3.63, 3.8) is 0 Å². The summed E-state index contributed by atoms with van der Waals surface area (Å²) in [6.07, 6.45) is 0. The van der Waals surface area contributed by atoms with E-state index < -0.39 is 0 Å². The minimum Gasteiger partial charge on any atom is -0.309 e. The maximum absolute atomic E-state index is 2.44. The molecule has 0 atom stereocenters. The maximum atomic E-state index is 2.44. The molecule has 12 rings (SSSR count). The predicted octanol–water partition coefficient (Wildman–Crippen LogP) is 16.6. The highest BCUT2D eigenvalue weighted by Crippen LogP contribution is 2.47. The summed E-state index contributed by atoms with van der Waals surface area (Å²) in [5, 5.41) is 15.0. The molecule has 0 saturated heterocycles. The third-order valence-corrected chi connectivity index (χ3v) is 13.1. The lowest BCUT2D eigenvalue weighted by Crippen LogP contribution is -2.11. The Morgan fingerprint density at radius 2 is 0.724 bits per heavy atom. The third kappa shape index (κ3) is 5.16. The first-order chi connectivity index (χ1) is 28.8. The number of anilines is 3. The zero-order valence-corrected chi connectivity index (χ0v) is 32.4. The molecule has 0 amide bonds. The lowest BCUT2D eigenvalue weighted by Gasteiger charge is -2.28. The van der Waals surface area contributed by atoms with Gasteiger partial charge in [0.25, 0.3) is 0 Å². The molecule has 0 spiro atoms. The van der Waals surface area contributed by atoms with Crippen LogP contribution in [0.1, 0.15) is 0 Å². The zero-order valence-electron chi connectivity index (χ0n) is 31.6. The van der Waals surface area contributed by atoms with Gasteiger partial charge in [0, 0.05) is 36.6 Å². The molecule has 0 aliphatic rings. The van der Waals surface area contributed by atoms with Gasteiger partial charge in [0.05, 0.1) is 11.4 Å². The standard InChI is InChI=1S/C56H35NS/c1-3-17-43-36(13-1)15-11-24-51(43)57(52-25-12-16-37-14-2-4-18-44(37)52)42-31-29-38-33-40(28-27-39(38)34-42)55-47-20-5-7-22-49(47)56(50-23-8-6-21-48(50)55)41-30-32-46-45-19-9-10-26-53(45)58-54(46)35-41/h1-35H. The summed E-state index contributed by atoms with van der Waals surface area (Å²) in [6.45, 7) is 0. The van der Waals surface area contributed by atoms with E-state index in [1.165, 1.54) is 96.3 Å². The molecular formula is C56H35NS. The summed E-state index contributed by atoms with van der Waals surface area (Å²) in [4.78, 5) is 2.44. The minimum atomic E-state index is 1.13. The Bertz CT molecular complexity index is 3450. The number of hydrogen-bond donors (Lipinski definition) is 0. The third-order valence-electron chi connectivity index (χ3n) is 12.0. The van der Waals surface area contributed by atoms with Gasteiger partial charge in [-0.2, -0.15) is 0 Å². The molecule has 0 aliphatic carbocycles. The molecule has 58 heavy (non-hydrogen) atoms.